The van der Waals surface area contributed by atoms with Gasteiger partial charge in [0.25, 0.3) is 10.1 Å². The fraction of sp³-hybridized carbons (Fsp3) is 0.130. The summed E-state index contributed by atoms with van der Waals surface area (Å²) < 4.78 is 75.0. The number of hydrogen-bond acceptors (Lipinski definition) is 6. The molecule has 0 spiro atoms. The van der Waals surface area contributed by atoms with Gasteiger partial charge in [-0.15, -0.1) is 0 Å². The second kappa shape index (κ2) is 13.2. The Morgan fingerprint density at radius 1 is 0.865 bits per heavy atom. The van der Waals surface area contributed by atoms with Gasteiger partial charge in [-0.2, -0.15) is 8.42 Å². The van der Waals surface area contributed by atoms with Gasteiger partial charge in [-0.1, -0.05) is 12.6 Å². The maximum Gasteiger partial charge on any atom is 1.00 e. The normalized spacial score (nSPS) is 12.5. The van der Waals surface area contributed by atoms with Gasteiger partial charge in [0.2, 0.25) is 0 Å². The molecule has 1 heterocycles. The zero-order valence-corrected chi connectivity index (χ0v) is 31.5. The molecule has 4 rings (SSSR count). The summed E-state index contributed by atoms with van der Waals surface area (Å²) in [5.74, 6) is 0.911. The maximum atomic E-state index is 12.2. The molecule has 1 aliphatic rings. The largest absolute Gasteiger partial charge is 1.00 e. The molecule has 7 nitrogen and oxygen atoms in total. The van der Waals surface area contributed by atoms with Gasteiger partial charge in [0.15, 0.2) is 0 Å². The van der Waals surface area contributed by atoms with Crippen molar-refractivity contribution in [2.24, 2.45) is 0 Å². The summed E-state index contributed by atoms with van der Waals surface area (Å²) in [4.78, 5) is -1.72. The van der Waals surface area contributed by atoms with Gasteiger partial charge in [-0.3, -0.25) is 4.55 Å². The molecule has 0 radical (unpaired) electrons. The van der Waals surface area contributed by atoms with Crippen LogP contribution in [0.5, 0.6) is 11.5 Å². The fourth-order valence-corrected chi connectivity index (χ4v) is 5.01. The maximum absolute atomic E-state index is 12.2. The van der Waals surface area contributed by atoms with Crippen molar-refractivity contribution in [1.82, 2.24) is 0 Å². The molecule has 3 aromatic carbocycles. The molecule has 14 heteroatoms. The first-order valence-corrected chi connectivity index (χ1v) is 26.4. The van der Waals surface area contributed by atoms with E-state index in [-0.39, 0.29) is 40.0 Å². The Morgan fingerprint density at radius 2 is 1.43 bits per heavy atom. The zero-order valence-electron chi connectivity index (χ0n) is 20.0. The summed E-state index contributed by atoms with van der Waals surface area (Å²) in [6.45, 7) is 9.63. The van der Waals surface area contributed by atoms with Gasteiger partial charge in [0, 0.05) is 21.9 Å². The van der Waals surface area contributed by atoms with E-state index < -0.39 is 30.0 Å². The minimum atomic E-state index is -4.95. The standard InChI is InChI=1S/C23H20O7S2.3HI.Na.V/c1-12-7-18-20(9-14(12)3)30-21-10-15(4)13(2)8-19(21)23(18)17-6-5-16(31(24,25)26)11-22(17)32(27,28)29;;;;;/h5-11H,3H2,1-2,4H3,(H,24,25,26)(H,27,28,29);3*1H;;/q;;;;+1;+3/p-4. The third-order valence-corrected chi connectivity index (χ3v) is 7.31. The van der Waals surface area contributed by atoms with Gasteiger partial charge in [-0.05, 0) is 79.1 Å². The van der Waals surface area contributed by atoms with Crippen molar-refractivity contribution >= 4 is 92.3 Å². The first-order valence-electron chi connectivity index (χ1n) is 9.99. The number of ether oxygens (including phenoxy) is 1. The van der Waals surface area contributed by atoms with Gasteiger partial charge in [0.1, 0.15) is 26.5 Å². The summed E-state index contributed by atoms with van der Waals surface area (Å²) in [6, 6.07) is 10.1. The molecule has 0 amide bonds. The number of aryl methyl sites for hydroxylation is 3. The van der Waals surface area contributed by atoms with Gasteiger partial charge in [-0.25, -0.2) is 8.42 Å². The van der Waals surface area contributed by atoms with E-state index in [1.807, 2.05) is 32.9 Å². The van der Waals surface area contributed by atoms with Crippen molar-refractivity contribution in [3.8, 4) is 11.5 Å². The molecular weight excluding hydrogens is 907 g/mol. The van der Waals surface area contributed by atoms with Crippen LogP contribution in [0.15, 0.2) is 52.3 Å². The molecule has 0 unspecified atom stereocenters. The summed E-state index contributed by atoms with van der Waals surface area (Å²) in [5.41, 5.74) is 3.74. The molecular formula is C23H19I3NaO7S2V. The predicted molar refractivity (Wildman–Crippen MR) is 160 cm³/mol. The molecule has 0 fully saturated rings. The van der Waals surface area contributed by atoms with Crippen molar-refractivity contribution in [2.75, 3.05) is 0 Å². The average Bonchev–Trinajstić information content (AvgIpc) is 2.72. The fourth-order valence-electron chi connectivity index (χ4n) is 3.71. The summed E-state index contributed by atoms with van der Waals surface area (Å²) >= 11 is 7.39. The summed E-state index contributed by atoms with van der Waals surface area (Å²) in [7, 11) is -9.83. The van der Waals surface area contributed by atoms with Crippen LogP contribution in [-0.4, -0.2) is 25.9 Å². The van der Waals surface area contributed by atoms with Crippen LogP contribution in [0.4, 0.5) is 0 Å². The van der Waals surface area contributed by atoms with E-state index in [0.717, 1.165) is 28.0 Å². The van der Waals surface area contributed by atoms with Crippen LogP contribution < -0.4 is 44.7 Å². The summed E-state index contributed by atoms with van der Waals surface area (Å²) in [5, 5.41) is 1.27. The predicted octanol–water partition coefficient (Wildman–Crippen LogP) is 2.18. The SMILES string of the molecule is C=c1cc2c(cc1C)=C(c1ccc(S(=O)(=O)[O-])cc1S(=O)(=O)O)c1cc(C)c(C)cc1O2.[I][V]([I])[I].[Na+]. The van der Waals surface area contributed by atoms with Crippen molar-refractivity contribution in [3.05, 3.63) is 80.7 Å². The Hall–Kier alpha value is 0.794. The Kier molecular flexibility index (Phi) is 12.1. The van der Waals surface area contributed by atoms with Crippen molar-refractivity contribution < 1.29 is 65.2 Å². The monoisotopic (exact) mass is 926 g/mol. The van der Waals surface area contributed by atoms with Crippen LogP contribution in [-0.2, 0) is 25.2 Å². The van der Waals surface area contributed by atoms with E-state index in [1.54, 1.807) is 12.1 Å². The van der Waals surface area contributed by atoms with E-state index in [4.69, 9.17) is 4.74 Å². The molecule has 37 heavy (non-hydrogen) atoms. The smallest absolute Gasteiger partial charge is 1.00 e. The second-order valence-electron chi connectivity index (χ2n) is 7.96. The molecule has 0 aliphatic carbocycles. The van der Waals surface area contributed by atoms with Crippen LogP contribution in [0, 0.1) is 20.8 Å². The number of halogens is 3. The Bertz CT molecular complexity index is 1710. The first kappa shape index (κ1) is 34.0. The van der Waals surface area contributed by atoms with Crippen LogP contribution in [0.2, 0.25) is 0 Å². The molecule has 192 valence electrons. The van der Waals surface area contributed by atoms with Crippen LogP contribution >= 0.6 is 59.9 Å². The quantitative estimate of drug-likeness (QED) is 0.190. The Labute approximate surface area is 276 Å². The first-order chi connectivity index (χ1) is 16.5. The number of benzene rings is 3. The molecule has 1 N–H and O–H groups in total. The van der Waals surface area contributed by atoms with Crippen molar-refractivity contribution in [1.29, 1.82) is 0 Å². The van der Waals surface area contributed by atoms with Crippen molar-refractivity contribution in [2.45, 2.75) is 30.6 Å². The van der Waals surface area contributed by atoms with Crippen LogP contribution in [0.25, 0.3) is 12.2 Å². The second-order valence-corrected chi connectivity index (χ2v) is 46.1. The number of fused-ring (bicyclic) bond motifs is 2. The molecule has 1 aliphatic heterocycles. The van der Waals surface area contributed by atoms with E-state index in [0.29, 0.717) is 33.9 Å². The molecule has 0 atom stereocenters. The summed E-state index contributed by atoms with van der Waals surface area (Å²) in [6.07, 6.45) is 0. The molecule has 3 aromatic rings. The number of rotatable bonds is 3. The molecule has 0 saturated heterocycles. The third kappa shape index (κ3) is 8.18. The van der Waals surface area contributed by atoms with E-state index in [9.17, 15) is 25.9 Å². The minimum Gasteiger partial charge on any atom is 1.00 e. The zero-order chi connectivity index (χ0) is 27.2. The van der Waals surface area contributed by atoms with Gasteiger partial charge in [0.05, 0.1) is 4.90 Å². The van der Waals surface area contributed by atoms with E-state index in [1.165, 1.54) is 6.07 Å². The van der Waals surface area contributed by atoms with Crippen molar-refractivity contribution in [3.63, 3.8) is 0 Å². The van der Waals surface area contributed by atoms with E-state index in [2.05, 4.69) is 66.5 Å². The van der Waals surface area contributed by atoms with E-state index >= 15 is 0 Å². The van der Waals surface area contributed by atoms with Gasteiger partial charge < -0.3 is 9.29 Å². The molecule has 0 aromatic heterocycles. The van der Waals surface area contributed by atoms with Crippen LogP contribution in [0.3, 0.4) is 0 Å². The molecule has 0 saturated carbocycles. The minimum absolute atomic E-state index is 0. The average molecular weight is 926 g/mol. The third-order valence-electron chi connectivity index (χ3n) is 5.58. The topological polar surface area (TPSA) is 121 Å². The Morgan fingerprint density at radius 3 is 1.97 bits per heavy atom. The van der Waals surface area contributed by atoms with Crippen LogP contribution in [0.1, 0.15) is 27.8 Å². The molecule has 0 bridgehead atoms. The Balaban J connectivity index is 0.000000898. The number of hydrogen-bond donors (Lipinski definition) is 1. The van der Waals surface area contributed by atoms with Gasteiger partial charge >= 0.3 is 94.4 Å².